The van der Waals surface area contributed by atoms with Gasteiger partial charge in [0.2, 0.25) is 0 Å². The highest BCUT2D eigenvalue weighted by atomic mass is 14.8. The Kier molecular flexibility index (Phi) is 6.70. The molecule has 0 aromatic heterocycles. The van der Waals surface area contributed by atoms with Crippen LogP contribution in [0.25, 0.3) is 0 Å². The fourth-order valence-electron chi connectivity index (χ4n) is 0.493. The summed E-state index contributed by atoms with van der Waals surface area (Å²) in [4.78, 5) is 0. The molecular formula is C8H15N. The first kappa shape index (κ1) is 8.28. The van der Waals surface area contributed by atoms with Gasteiger partial charge in [-0.15, -0.1) is 0 Å². The topological polar surface area (TPSA) is 12.0 Å². The molecule has 0 saturated carbocycles. The lowest BCUT2D eigenvalue weighted by Gasteiger charge is -1.81. The number of hydrogen-bond donors (Lipinski definition) is 1. The first-order valence-electron chi connectivity index (χ1n) is 3.40. The summed E-state index contributed by atoms with van der Waals surface area (Å²) in [5.74, 6) is 0. The van der Waals surface area contributed by atoms with Crippen LogP contribution in [0.15, 0.2) is 24.4 Å². The van der Waals surface area contributed by atoms with Crippen LogP contribution in [0.1, 0.15) is 19.8 Å². The molecule has 0 rings (SSSR count). The minimum atomic E-state index is 1.17. The van der Waals surface area contributed by atoms with Gasteiger partial charge in [0.25, 0.3) is 0 Å². The predicted octanol–water partition coefficient (Wildman–Crippen LogP) is 2.08. The van der Waals surface area contributed by atoms with E-state index in [1.807, 2.05) is 19.3 Å². The molecule has 0 saturated heterocycles. The van der Waals surface area contributed by atoms with Crippen LogP contribution in [-0.4, -0.2) is 7.05 Å². The second-order valence-electron chi connectivity index (χ2n) is 1.86. The highest BCUT2D eigenvalue weighted by molar-refractivity contribution is 5.00. The quantitative estimate of drug-likeness (QED) is 0.567. The van der Waals surface area contributed by atoms with E-state index in [4.69, 9.17) is 0 Å². The number of nitrogens with one attached hydrogen (secondary N) is 1. The van der Waals surface area contributed by atoms with Crippen molar-refractivity contribution in [2.75, 3.05) is 7.05 Å². The smallest absolute Gasteiger partial charge is 0.00277 e. The lowest BCUT2D eigenvalue weighted by Crippen LogP contribution is -1.89. The minimum Gasteiger partial charge on any atom is -0.394 e. The minimum absolute atomic E-state index is 1.17. The molecule has 9 heavy (non-hydrogen) atoms. The van der Waals surface area contributed by atoms with Crippen LogP contribution in [0, 0.1) is 0 Å². The van der Waals surface area contributed by atoms with Gasteiger partial charge in [0.05, 0.1) is 0 Å². The average Bonchev–Trinajstić information content (AvgIpc) is 1.89. The Bertz CT molecular complexity index is 92.7. The zero-order valence-electron chi connectivity index (χ0n) is 6.22. The molecule has 0 aliphatic heterocycles. The summed E-state index contributed by atoms with van der Waals surface area (Å²) >= 11 is 0. The second kappa shape index (κ2) is 7.28. The van der Waals surface area contributed by atoms with Gasteiger partial charge in [0, 0.05) is 7.05 Å². The molecule has 0 aromatic rings. The van der Waals surface area contributed by atoms with Crippen molar-refractivity contribution >= 4 is 0 Å². The van der Waals surface area contributed by atoms with Crippen LogP contribution in [0.2, 0.25) is 0 Å². The van der Waals surface area contributed by atoms with Crippen LogP contribution in [0.4, 0.5) is 0 Å². The number of hydrogen-bond acceptors (Lipinski definition) is 1. The fourth-order valence-corrected chi connectivity index (χ4v) is 0.493. The molecular weight excluding hydrogens is 110 g/mol. The van der Waals surface area contributed by atoms with Crippen molar-refractivity contribution in [3.8, 4) is 0 Å². The van der Waals surface area contributed by atoms with Crippen LogP contribution in [-0.2, 0) is 0 Å². The van der Waals surface area contributed by atoms with Gasteiger partial charge in [-0.25, -0.2) is 0 Å². The Morgan fingerprint density at radius 3 is 2.67 bits per heavy atom. The SMILES string of the molecule is CCC/C=C/C=C\NC. The lowest BCUT2D eigenvalue weighted by atomic mass is 10.3. The summed E-state index contributed by atoms with van der Waals surface area (Å²) in [6.45, 7) is 2.17. The molecule has 0 amide bonds. The molecule has 0 bridgehead atoms. The Labute approximate surface area is 57.5 Å². The van der Waals surface area contributed by atoms with E-state index < -0.39 is 0 Å². The summed E-state index contributed by atoms with van der Waals surface area (Å²) in [5.41, 5.74) is 0. The summed E-state index contributed by atoms with van der Waals surface area (Å²) in [6.07, 6.45) is 10.5. The molecule has 1 N–H and O–H groups in total. The van der Waals surface area contributed by atoms with Crippen molar-refractivity contribution in [2.45, 2.75) is 19.8 Å². The third-order valence-corrected chi connectivity index (χ3v) is 0.965. The van der Waals surface area contributed by atoms with Crippen molar-refractivity contribution in [1.29, 1.82) is 0 Å². The van der Waals surface area contributed by atoms with E-state index in [0.29, 0.717) is 0 Å². The van der Waals surface area contributed by atoms with Gasteiger partial charge >= 0.3 is 0 Å². The molecule has 0 fully saturated rings. The molecule has 52 valence electrons. The van der Waals surface area contributed by atoms with Gasteiger partial charge in [-0.3, -0.25) is 0 Å². The molecule has 0 aliphatic carbocycles. The standard InChI is InChI=1S/C8H15N/c1-3-4-5-6-7-8-9-2/h5-9H,3-4H2,1-2H3/b6-5+,8-7-. The zero-order valence-corrected chi connectivity index (χ0v) is 6.22. The first-order chi connectivity index (χ1) is 4.41. The van der Waals surface area contributed by atoms with Gasteiger partial charge in [-0.2, -0.15) is 0 Å². The maximum absolute atomic E-state index is 2.91. The number of allylic oxidation sites excluding steroid dienone is 3. The fraction of sp³-hybridized carbons (Fsp3) is 0.500. The monoisotopic (exact) mass is 125 g/mol. The highest BCUT2D eigenvalue weighted by Gasteiger charge is 1.67. The van der Waals surface area contributed by atoms with Crippen LogP contribution in [0.3, 0.4) is 0 Å². The highest BCUT2D eigenvalue weighted by Crippen LogP contribution is 1.87. The van der Waals surface area contributed by atoms with Crippen molar-refractivity contribution in [3.63, 3.8) is 0 Å². The van der Waals surface area contributed by atoms with E-state index in [1.165, 1.54) is 12.8 Å². The van der Waals surface area contributed by atoms with Crippen molar-refractivity contribution in [1.82, 2.24) is 5.32 Å². The molecule has 0 aliphatic rings. The molecule has 1 nitrogen and oxygen atoms in total. The summed E-state index contributed by atoms with van der Waals surface area (Å²) in [7, 11) is 1.89. The second-order valence-corrected chi connectivity index (χ2v) is 1.86. The number of rotatable bonds is 4. The van der Waals surface area contributed by atoms with Crippen molar-refractivity contribution in [3.05, 3.63) is 24.4 Å². The third kappa shape index (κ3) is 7.28. The van der Waals surface area contributed by atoms with E-state index in [0.717, 1.165) is 0 Å². The van der Waals surface area contributed by atoms with Gasteiger partial charge in [-0.1, -0.05) is 25.5 Å². The molecule has 0 spiro atoms. The van der Waals surface area contributed by atoms with Crippen molar-refractivity contribution in [2.24, 2.45) is 0 Å². The maximum Gasteiger partial charge on any atom is 0.00277 e. The molecule has 0 atom stereocenters. The normalized spacial score (nSPS) is 11.3. The molecule has 0 radical (unpaired) electrons. The largest absolute Gasteiger partial charge is 0.394 e. The summed E-state index contributed by atoms with van der Waals surface area (Å²) in [6, 6.07) is 0. The van der Waals surface area contributed by atoms with Crippen LogP contribution < -0.4 is 5.32 Å². The predicted molar refractivity (Wildman–Crippen MR) is 42.2 cm³/mol. The van der Waals surface area contributed by atoms with E-state index in [-0.39, 0.29) is 0 Å². The Morgan fingerprint density at radius 2 is 2.11 bits per heavy atom. The van der Waals surface area contributed by atoms with E-state index in [1.54, 1.807) is 0 Å². The van der Waals surface area contributed by atoms with Gasteiger partial charge < -0.3 is 5.32 Å². The average molecular weight is 125 g/mol. The lowest BCUT2D eigenvalue weighted by molar-refractivity contribution is 0.958. The Balaban J connectivity index is 3.13. The van der Waals surface area contributed by atoms with E-state index in [2.05, 4.69) is 24.4 Å². The maximum atomic E-state index is 2.91. The molecule has 0 heterocycles. The summed E-state index contributed by atoms with van der Waals surface area (Å²) < 4.78 is 0. The zero-order chi connectivity index (χ0) is 6.95. The third-order valence-electron chi connectivity index (χ3n) is 0.965. The molecule has 0 aromatic carbocycles. The molecule has 1 heteroatoms. The Hall–Kier alpha value is -0.720. The van der Waals surface area contributed by atoms with E-state index in [9.17, 15) is 0 Å². The van der Waals surface area contributed by atoms with Gasteiger partial charge in [-0.05, 0) is 18.7 Å². The van der Waals surface area contributed by atoms with E-state index >= 15 is 0 Å². The summed E-state index contributed by atoms with van der Waals surface area (Å²) in [5, 5.41) is 2.91. The first-order valence-corrected chi connectivity index (χ1v) is 3.40. The van der Waals surface area contributed by atoms with Crippen LogP contribution >= 0.6 is 0 Å². The van der Waals surface area contributed by atoms with Crippen LogP contribution in [0.5, 0.6) is 0 Å². The number of unbranched alkanes of at least 4 members (excludes halogenated alkanes) is 1. The van der Waals surface area contributed by atoms with Gasteiger partial charge in [0.1, 0.15) is 0 Å². The Morgan fingerprint density at radius 1 is 1.33 bits per heavy atom. The molecule has 0 unspecified atom stereocenters. The van der Waals surface area contributed by atoms with Gasteiger partial charge in [0.15, 0.2) is 0 Å². The van der Waals surface area contributed by atoms with Crippen molar-refractivity contribution < 1.29 is 0 Å².